The molecule has 0 aliphatic carbocycles. The van der Waals surface area contributed by atoms with Crippen molar-refractivity contribution in [2.45, 2.75) is 18.9 Å². The molecule has 72 valence electrons. The van der Waals surface area contributed by atoms with Gasteiger partial charge in [0.2, 0.25) is 0 Å². The summed E-state index contributed by atoms with van der Waals surface area (Å²) in [6, 6.07) is -1.06. The van der Waals surface area contributed by atoms with Gasteiger partial charge in [0, 0.05) is 6.42 Å². The van der Waals surface area contributed by atoms with Crippen LogP contribution in [0.2, 0.25) is 0 Å². The maximum atomic E-state index is 9.99. The molecule has 0 aromatic carbocycles. The van der Waals surface area contributed by atoms with Crippen molar-refractivity contribution in [1.82, 2.24) is 0 Å². The van der Waals surface area contributed by atoms with Gasteiger partial charge in [0.15, 0.2) is 0 Å². The van der Waals surface area contributed by atoms with E-state index in [9.17, 15) is 9.59 Å². The Balaban J connectivity index is -0.000000135. The van der Waals surface area contributed by atoms with E-state index in [0.717, 1.165) is 0 Å². The molecule has 0 rings (SSSR count). The zero-order chi connectivity index (χ0) is 8.15. The normalized spacial score (nSPS) is 9.62. The Morgan fingerprint density at radius 1 is 1.31 bits per heavy atom. The van der Waals surface area contributed by atoms with Crippen molar-refractivity contribution in [3.05, 3.63) is 0 Å². The molecule has 0 bridgehead atoms. The molecule has 0 aliphatic rings. The molecule has 13 heavy (non-hydrogen) atoms. The molecule has 0 saturated carbocycles. The Labute approximate surface area is 127 Å². The van der Waals surface area contributed by atoms with Gasteiger partial charge in [0.1, 0.15) is 6.04 Å². The van der Waals surface area contributed by atoms with Crippen molar-refractivity contribution in [1.29, 1.82) is 0 Å². The fourth-order valence-corrected chi connectivity index (χ4v) is 0.402. The molecule has 0 saturated heterocycles. The van der Waals surface area contributed by atoms with Crippen molar-refractivity contribution < 1.29 is 25.3 Å². The van der Waals surface area contributed by atoms with Crippen molar-refractivity contribution in [3.63, 3.8) is 0 Å². The first-order valence-electron chi connectivity index (χ1n) is 2.74. The molecule has 0 heterocycles. The van der Waals surface area contributed by atoms with Crippen LogP contribution >= 0.6 is 0 Å². The molecule has 0 fully saturated rings. The van der Waals surface area contributed by atoms with Crippen LogP contribution in [0.15, 0.2) is 0 Å². The zero-order valence-corrected chi connectivity index (χ0v) is 5.78. The second-order valence-corrected chi connectivity index (χ2v) is 1.88. The molecule has 0 spiro atoms. The van der Waals surface area contributed by atoms with Crippen molar-refractivity contribution in [2.24, 2.45) is 5.73 Å². The van der Waals surface area contributed by atoms with Crippen LogP contribution in [0.4, 0.5) is 0 Å². The van der Waals surface area contributed by atoms with Crippen LogP contribution in [0.25, 0.3) is 0 Å². The van der Waals surface area contributed by atoms with Gasteiger partial charge in [0.05, 0.1) is 0 Å². The van der Waals surface area contributed by atoms with Gasteiger partial charge in [-0.3, -0.25) is 9.59 Å². The van der Waals surface area contributed by atoms with Gasteiger partial charge in [-0.2, -0.15) is 0 Å². The second kappa shape index (κ2) is 13.1. The Hall–Kier alpha value is 1.12. The summed E-state index contributed by atoms with van der Waals surface area (Å²) < 4.78 is 0. The molecule has 0 aromatic rings. The summed E-state index contributed by atoms with van der Waals surface area (Å²) in [5.74, 6) is -2.20. The molecule has 0 aliphatic heterocycles. The summed E-state index contributed by atoms with van der Waals surface area (Å²) in [4.78, 5) is 19.9. The van der Waals surface area contributed by atoms with E-state index in [2.05, 4.69) is 0 Å². The van der Waals surface area contributed by atoms with Gasteiger partial charge in [-0.15, -0.1) is 0 Å². The standard InChI is InChI=1S/C5H9NO4.Ca.Na.H2O.3H/c6-3(5(9)10)1-2-4(7)8;;;;;;/h3H,1-2,6H2,(H,7,8)(H,9,10);;;1H2;;;/t3-;;;;;;/m0....../s1. The second-order valence-electron chi connectivity index (χ2n) is 1.88. The van der Waals surface area contributed by atoms with Crippen LogP contribution in [-0.2, 0) is 9.59 Å². The first kappa shape index (κ1) is 23.7. The quantitative estimate of drug-likeness (QED) is 0.440. The summed E-state index contributed by atoms with van der Waals surface area (Å²) in [5.41, 5.74) is 5.00. The summed E-state index contributed by atoms with van der Waals surface area (Å²) in [5, 5.41) is 16.3. The van der Waals surface area contributed by atoms with Gasteiger partial charge >= 0.3 is 79.2 Å². The van der Waals surface area contributed by atoms with Crippen LogP contribution in [0.3, 0.4) is 0 Å². The van der Waals surface area contributed by atoms with E-state index in [-0.39, 0.29) is 85.6 Å². The Kier molecular flexibility index (Phi) is 24.0. The minimum absolute atomic E-state index is 0. The summed E-state index contributed by atoms with van der Waals surface area (Å²) in [6.45, 7) is 0. The topological polar surface area (TPSA) is 132 Å². The summed E-state index contributed by atoms with van der Waals surface area (Å²) in [7, 11) is 0. The summed E-state index contributed by atoms with van der Waals surface area (Å²) >= 11 is 0. The van der Waals surface area contributed by atoms with E-state index >= 15 is 0 Å². The van der Waals surface area contributed by atoms with Gasteiger partial charge in [-0.25, -0.2) is 0 Å². The van der Waals surface area contributed by atoms with Gasteiger partial charge in [0.25, 0.3) is 0 Å². The average molecular weight is 231 g/mol. The van der Waals surface area contributed by atoms with Crippen LogP contribution < -0.4 is 5.73 Å². The van der Waals surface area contributed by atoms with E-state index in [4.69, 9.17) is 15.9 Å². The monoisotopic (exact) mass is 231 g/mol. The first-order chi connectivity index (χ1) is 4.54. The van der Waals surface area contributed by atoms with Crippen LogP contribution in [0, 0.1) is 0 Å². The number of carboxylic acids is 2. The third-order valence-electron chi connectivity index (χ3n) is 0.986. The third-order valence-corrected chi connectivity index (χ3v) is 0.986. The van der Waals surface area contributed by atoms with Crippen LogP contribution in [0.5, 0.6) is 0 Å². The molecule has 8 heteroatoms. The number of nitrogens with two attached hydrogens (primary N) is 1. The molecule has 1 atom stereocenters. The molecule has 0 radical (unpaired) electrons. The van der Waals surface area contributed by atoms with Crippen molar-refractivity contribution in [2.75, 3.05) is 0 Å². The number of hydrogen-bond acceptors (Lipinski definition) is 3. The average Bonchev–Trinajstić information content (AvgIpc) is 1.82. The van der Waals surface area contributed by atoms with Crippen LogP contribution in [-0.4, -0.2) is 101 Å². The van der Waals surface area contributed by atoms with E-state index < -0.39 is 18.0 Å². The van der Waals surface area contributed by atoms with Gasteiger partial charge < -0.3 is 21.4 Å². The molecule has 0 amide bonds. The predicted molar refractivity (Wildman–Crippen MR) is 51.8 cm³/mol. The summed E-state index contributed by atoms with van der Waals surface area (Å²) in [6.07, 6.45) is -0.224. The minimum atomic E-state index is -1.17. The Morgan fingerprint density at radius 3 is 1.92 bits per heavy atom. The number of carbonyl (C=O) groups is 2. The van der Waals surface area contributed by atoms with E-state index in [1.165, 1.54) is 0 Å². The van der Waals surface area contributed by atoms with Crippen molar-refractivity contribution in [3.8, 4) is 0 Å². The van der Waals surface area contributed by atoms with Crippen molar-refractivity contribution >= 4 is 79.2 Å². The first-order valence-corrected chi connectivity index (χ1v) is 2.74. The number of aliphatic carboxylic acids is 2. The maximum absolute atomic E-state index is 9.99. The number of rotatable bonds is 4. The molecular formula is C5H14CaNNaO5. The predicted octanol–water partition coefficient (Wildman–Crippen LogP) is -3.13. The molecular weight excluding hydrogens is 217 g/mol. The zero-order valence-electron chi connectivity index (χ0n) is 5.78. The third kappa shape index (κ3) is 15.8. The van der Waals surface area contributed by atoms with E-state index in [0.29, 0.717) is 0 Å². The SMILES string of the molecule is N[C@@H](CCC(=O)O)C(=O)O.O.[CaH2].[NaH]. The number of hydrogen-bond donors (Lipinski definition) is 3. The Bertz CT molecular complexity index is 156. The van der Waals surface area contributed by atoms with E-state index in [1.807, 2.05) is 0 Å². The fourth-order valence-electron chi connectivity index (χ4n) is 0.402. The number of carboxylic acid groups (broad SMARTS) is 2. The van der Waals surface area contributed by atoms with Gasteiger partial charge in [-0.1, -0.05) is 0 Å². The Morgan fingerprint density at radius 2 is 1.69 bits per heavy atom. The van der Waals surface area contributed by atoms with E-state index in [1.54, 1.807) is 0 Å². The fraction of sp³-hybridized carbons (Fsp3) is 0.600. The van der Waals surface area contributed by atoms with Gasteiger partial charge in [-0.05, 0) is 6.42 Å². The molecule has 0 aromatic heterocycles. The molecule has 6 N–H and O–H groups in total. The molecule has 6 nitrogen and oxygen atoms in total. The molecule has 0 unspecified atom stereocenters. The van der Waals surface area contributed by atoms with Crippen LogP contribution in [0.1, 0.15) is 12.8 Å².